The number of aryl methyl sites for hydroxylation is 1. The highest BCUT2D eigenvalue weighted by molar-refractivity contribution is 7.18. The molecule has 5 nitrogen and oxygen atoms in total. The summed E-state index contributed by atoms with van der Waals surface area (Å²) in [5, 5.41) is 7.71. The zero-order chi connectivity index (χ0) is 21.5. The number of pyridine rings is 1. The van der Waals surface area contributed by atoms with Gasteiger partial charge in [0.1, 0.15) is 4.83 Å². The van der Waals surface area contributed by atoms with Gasteiger partial charge in [-0.1, -0.05) is 30.3 Å². The minimum absolute atomic E-state index is 0.0606. The van der Waals surface area contributed by atoms with E-state index in [1.54, 1.807) is 39.8 Å². The van der Waals surface area contributed by atoms with Gasteiger partial charge in [0.2, 0.25) is 0 Å². The summed E-state index contributed by atoms with van der Waals surface area (Å²) in [5.74, 6) is 0. The first-order valence-corrected chi connectivity index (χ1v) is 12.5. The summed E-state index contributed by atoms with van der Waals surface area (Å²) in [5.41, 5.74) is 3.25. The van der Waals surface area contributed by atoms with Crippen molar-refractivity contribution < 1.29 is 0 Å². The molecule has 1 N–H and O–H groups in total. The molecular weight excluding hydrogens is 436 g/mol. The van der Waals surface area contributed by atoms with E-state index >= 15 is 0 Å². The Morgan fingerprint density at radius 2 is 2.06 bits per heavy atom. The number of rotatable bonds is 5. The molecular formula is C25H22N4OS2. The van der Waals surface area contributed by atoms with Crippen molar-refractivity contribution in [2.75, 3.05) is 0 Å². The second-order valence-corrected chi connectivity index (χ2v) is 10.4. The number of hydrogen-bond donors (Lipinski definition) is 1. The van der Waals surface area contributed by atoms with Crippen molar-refractivity contribution in [3.05, 3.63) is 91.6 Å². The van der Waals surface area contributed by atoms with Gasteiger partial charge in [-0.05, 0) is 47.9 Å². The molecule has 0 amide bonds. The number of fused-ring (bicyclic) bond motifs is 4. The Morgan fingerprint density at radius 3 is 2.97 bits per heavy atom. The van der Waals surface area contributed by atoms with Crippen LogP contribution in [-0.2, 0) is 25.9 Å². The van der Waals surface area contributed by atoms with Gasteiger partial charge in [-0.3, -0.25) is 14.3 Å². The standard InChI is InChI=1S/C25H22N4OS2/c30-25-22-20-9-8-18(27-13-19-7-3-11-31-19)12-21(20)32-24(22)28-15-29(25)14-17-5-1-4-16-6-2-10-26-23(16)17/h1-7,10-11,15,18,27H,8-9,12-14H2. The molecule has 32 heavy (non-hydrogen) atoms. The highest BCUT2D eigenvalue weighted by atomic mass is 32.1. The molecule has 6 rings (SSSR count). The van der Waals surface area contributed by atoms with Crippen molar-refractivity contribution in [3.8, 4) is 0 Å². The lowest BCUT2D eigenvalue weighted by Gasteiger charge is -2.23. The molecule has 7 heteroatoms. The minimum atomic E-state index is 0.0606. The van der Waals surface area contributed by atoms with Gasteiger partial charge >= 0.3 is 0 Å². The second-order valence-electron chi connectivity index (χ2n) is 8.25. The molecule has 4 aromatic heterocycles. The van der Waals surface area contributed by atoms with E-state index in [1.807, 2.05) is 30.3 Å². The Labute approximate surface area is 193 Å². The number of aromatic nitrogens is 3. The Bertz CT molecular complexity index is 1460. The lowest BCUT2D eigenvalue weighted by Crippen LogP contribution is -2.33. The summed E-state index contributed by atoms with van der Waals surface area (Å²) >= 11 is 3.47. The van der Waals surface area contributed by atoms with Crippen LogP contribution >= 0.6 is 22.7 Å². The van der Waals surface area contributed by atoms with Crippen LogP contribution in [-0.4, -0.2) is 20.6 Å². The molecule has 0 aliphatic heterocycles. The van der Waals surface area contributed by atoms with Crippen LogP contribution in [0.15, 0.2) is 65.2 Å². The average molecular weight is 459 g/mol. The number of nitrogens with zero attached hydrogens (tertiary/aromatic N) is 3. The van der Waals surface area contributed by atoms with Crippen molar-refractivity contribution in [2.24, 2.45) is 0 Å². The fourth-order valence-electron chi connectivity index (χ4n) is 4.62. The van der Waals surface area contributed by atoms with Crippen molar-refractivity contribution >= 4 is 43.8 Å². The van der Waals surface area contributed by atoms with Gasteiger partial charge in [0.15, 0.2) is 0 Å². The van der Waals surface area contributed by atoms with E-state index in [0.717, 1.165) is 52.5 Å². The number of thiophene rings is 2. The topological polar surface area (TPSA) is 59.8 Å². The number of nitrogens with one attached hydrogen (secondary N) is 1. The number of para-hydroxylation sites is 1. The molecule has 0 spiro atoms. The van der Waals surface area contributed by atoms with Gasteiger partial charge in [-0.15, -0.1) is 22.7 Å². The number of benzene rings is 1. The normalized spacial score (nSPS) is 15.9. The molecule has 5 aromatic rings. The molecule has 4 heterocycles. The molecule has 0 saturated carbocycles. The van der Waals surface area contributed by atoms with Gasteiger partial charge in [0, 0.05) is 33.9 Å². The average Bonchev–Trinajstić information content (AvgIpc) is 3.47. The molecule has 0 fully saturated rings. The van der Waals surface area contributed by atoms with Gasteiger partial charge in [0.25, 0.3) is 5.56 Å². The van der Waals surface area contributed by atoms with Crippen molar-refractivity contribution in [1.29, 1.82) is 0 Å². The van der Waals surface area contributed by atoms with E-state index < -0.39 is 0 Å². The third-order valence-corrected chi connectivity index (χ3v) is 8.28. The summed E-state index contributed by atoms with van der Waals surface area (Å²) in [4.78, 5) is 26.2. The molecule has 1 aliphatic rings. The fraction of sp³-hybridized carbons (Fsp3) is 0.240. The zero-order valence-corrected chi connectivity index (χ0v) is 19.1. The molecule has 0 saturated heterocycles. The Hall–Kier alpha value is -2.87. The van der Waals surface area contributed by atoms with E-state index in [4.69, 9.17) is 0 Å². The first-order chi connectivity index (χ1) is 15.8. The highest BCUT2D eigenvalue weighted by Crippen LogP contribution is 2.34. The van der Waals surface area contributed by atoms with Crippen LogP contribution in [0.25, 0.3) is 21.1 Å². The van der Waals surface area contributed by atoms with Crippen molar-refractivity contribution in [2.45, 2.75) is 38.4 Å². The third kappa shape index (κ3) is 3.56. The molecule has 1 atom stereocenters. The SMILES string of the molecule is O=c1c2c3c(sc2ncn1Cc1cccc2cccnc12)CC(NCc1cccs1)CC3. The predicted octanol–water partition coefficient (Wildman–Crippen LogP) is 4.76. The summed E-state index contributed by atoms with van der Waals surface area (Å²) in [6.07, 6.45) is 6.43. The van der Waals surface area contributed by atoms with Crippen LogP contribution in [0.3, 0.4) is 0 Å². The van der Waals surface area contributed by atoms with Gasteiger partial charge in [-0.25, -0.2) is 4.98 Å². The third-order valence-electron chi connectivity index (χ3n) is 6.24. The Kier molecular flexibility index (Phi) is 5.09. The smallest absolute Gasteiger partial charge is 0.262 e. The Balaban J connectivity index is 1.30. The lowest BCUT2D eigenvalue weighted by atomic mass is 9.93. The van der Waals surface area contributed by atoms with Gasteiger partial charge in [-0.2, -0.15) is 0 Å². The second kappa shape index (κ2) is 8.24. The van der Waals surface area contributed by atoms with Crippen molar-refractivity contribution in [1.82, 2.24) is 19.9 Å². The summed E-state index contributed by atoms with van der Waals surface area (Å²) in [6, 6.07) is 14.8. The van der Waals surface area contributed by atoms with E-state index in [2.05, 4.69) is 32.8 Å². The predicted molar refractivity (Wildman–Crippen MR) is 132 cm³/mol. The van der Waals surface area contributed by atoms with Crippen LogP contribution < -0.4 is 10.9 Å². The maximum Gasteiger partial charge on any atom is 0.262 e. The zero-order valence-electron chi connectivity index (χ0n) is 17.5. The van der Waals surface area contributed by atoms with E-state index in [0.29, 0.717) is 12.6 Å². The number of hydrogen-bond acceptors (Lipinski definition) is 6. The quantitative estimate of drug-likeness (QED) is 0.412. The fourth-order valence-corrected chi connectivity index (χ4v) is 6.54. The molecule has 0 radical (unpaired) electrons. The summed E-state index contributed by atoms with van der Waals surface area (Å²) in [7, 11) is 0. The monoisotopic (exact) mass is 458 g/mol. The lowest BCUT2D eigenvalue weighted by molar-refractivity contribution is 0.464. The van der Waals surface area contributed by atoms with Crippen LogP contribution in [0.1, 0.15) is 27.3 Å². The molecule has 1 aliphatic carbocycles. The van der Waals surface area contributed by atoms with E-state index in [9.17, 15) is 4.79 Å². The first-order valence-electron chi connectivity index (χ1n) is 10.8. The van der Waals surface area contributed by atoms with E-state index in [1.165, 1.54) is 15.3 Å². The highest BCUT2D eigenvalue weighted by Gasteiger charge is 2.25. The van der Waals surface area contributed by atoms with Crippen LogP contribution in [0.4, 0.5) is 0 Å². The van der Waals surface area contributed by atoms with Crippen molar-refractivity contribution in [3.63, 3.8) is 0 Å². The largest absolute Gasteiger partial charge is 0.309 e. The first kappa shape index (κ1) is 19.8. The molecule has 160 valence electrons. The minimum Gasteiger partial charge on any atom is -0.309 e. The maximum atomic E-state index is 13.5. The Morgan fingerprint density at radius 1 is 1.12 bits per heavy atom. The summed E-state index contributed by atoms with van der Waals surface area (Å²) < 4.78 is 1.74. The molecule has 0 bridgehead atoms. The summed E-state index contributed by atoms with van der Waals surface area (Å²) in [6.45, 7) is 1.39. The maximum absolute atomic E-state index is 13.5. The van der Waals surface area contributed by atoms with Crippen LogP contribution in [0, 0.1) is 0 Å². The van der Waals surface area contributed by atoms with E-state index in [-0.39, 0.29) is 5.56 Å². The van der Waals surface area contributed by atoms with Gasteiger partial charge < -0.3 is 5.32 Å². The van der Waals surface area contributed by atoms with Crippen LogP contribution in [0.5, 0.6) is 0 Å². The molecule has 1 unspecified atom stereocenters. The molecule has 1 aromatic carbocycles. The van der Waals surface area contributed by atoms with Gasteiger partial charge in [0.05, 0.1) is 23.8 Å². The van der Waals surface area contributed by atoms with Crippen LogP contribution in [0.2, 0.25) is 0 Å².